The SMILES string of the molecule is CC1(C)CC(OC(=O)c2ccccc2)CC(C)(C)N1CC(O)COc1ccccc1. The molecule has 3 rings (SSSR count). The van der Waals surface area contributed by atoms with Crippen molar-refractivity contribution in [3.05, 3.63) is 66.2 Å². The third-order valence-corrected chi connectivity index (χ3v) is 5.78. The molecule has 0 bridgehead atoms. The number of rotatable bonds is 7. The molecule has 162 valence electrons. The molecule has 1 unspecified atom stereocenters. The van der Waals surface area contributed by atoms with Crippen LogP contribution in [0.15, 0.2) is 60.7 Å². The number of aliphatic hydroxyl groups is 1. The highest BCUT2D eigenvalue weighted by molar-refractivity contribution is 5.89. The molecule has 1 saturated heterocycles. The largest absolute Gasteiger partial charge is 0.491 e. The number of carbonyl (C=O) groups is 1. The van der Waals surface area contributed by atoms with Crippen LogP contribution in [0.2, 0.25) is 0 Å². The van der Waals surface area contributed by atoms with E-state index in [1.807, 2.05) is 48.5 Å². The molecule has 1 aliphatic heterocycles. The number of ether oxygens (including phenoxy) is 2. The molecule has 2 aromatic carbocycles. The van der Waals surface area contributed by atoms with Crippen molar-refractivity contribution in [2.24, 2.45) is 0 Å². The summed E-state index contributed by atoms with van der Waals surface area (Å²) in [6.45, 7) is 9.29. The first-order chi connectivity index (χ1) is 14.2. The Labute approximate surface area is 179 Å². The van der Waals surface area contributed by atoms with Crippen molar-refractivity contribution in [3.8, 4) is 5.75 Å². The zero-order valence-corrected chi connectivity index (χ0v) is 18.4. The highest BCUT2D eigenvalue weighted by Crippen LogP contribution is 2.39. The van der Waals surface area contributed by atoms with Gasteiger partial charge in [0.2, 0.25) is 0 Å². The summed E-state index contributed by atoms with van der Waals surface area (Å²) in [6, 6.07) is 18.6. The van der Waals surface area contributed by atoms with E-state index in [2.05, 4.69) is 32.6 Å². The number of carbonyl (C=O) groups excluding carboxylic acids is 1. The zero-order valence-electron chi connectivity index (χ0n) is 18.4. The first kappa shape index (κ1) is 22.3. The number of likely N-dealkylation sites (tertiary alicyclic amines) is 1. The van der Waals surface area contributed by atoms with E-state index >= 15 is 0 Å². The molecule has 30 heavy (non-hydrogen) atoms. The van der Waals surface area contributed by atoms with Gasteiger partial charge in [0.05, 0.1) is 5.56 Å². The molecule has 1 heterocycles. The van der Waals surface area contributed by atoms with Crippen molar-refractivity contribution in [2.45, 2.75) is 63.8 Å². The summed E-state index contributed by atoms with van der Waals surface area (Å²) in [5.74, 6) is 0.471. The molecular formula is C25H33NO4. The van der Waals surface area contributed by atoms with Crippen LogP contribution in [0.1, 0.15) is 50.9 Å². The maximum absolute atomic E-state index is 12.5. The van der Waals surface area contributed by atoms with E-state index in [-0.39, 0.29) is 29.8 Å². The second kappa shape index (κ2) is 9.19. The van der Waals surface area contributed by atoms with Crippen molar-refractivity contribution in [2.75, 3.05) is 13.2 Å². The van der Waals surface area contributed by atoms with Gasteiger partial charge in [0.25, 0.3) is 0 Å². The zero-order chi connectivity index (χ0) is 21.8. The quantitative estimate of drug-likeness (QED) is 0.688. The Morgan fingerprint density at radius 2 is 1.53 bits per heavy atom. The van der Waals surface area contributed by atoms with Gasteiger partial charge in [-0.1, -0.05) is 36.4 Å². The van der Waals surface area contributed by atoms with Crippen LogP contribution in [-0.4, -0.2) is 52.4 Å². The lowest BCUT2D eigenvalue weighted by Crippen LogP contribution is -2.64. The van der Waals surface area contributed by atoms with Gasteiger partial charge < -0.3 is 14.6 Å². The van der Waals surface area contributed by atoms with E-state index in [1.165, 1.54) is 0 Å². The molecule has 0 saturated carbocycles. The maximum Gasteiger partial charge on any atom is 0.338 e. The van der Waals surface area contributed by atoms with Gasteiger partial charge in [-0.15, -0.1) is 0 Å². The molecular weight excluding hydrogens is 378 g/mol. The number of piperidine rings is 1. The topological polar surface area (TPSA) is 59.0 Å². The minimum Gasteiger partial charge on any atom is -0.491 e. The highest BCUT2D eigenvalue weighted by atomic mass is 16.5. The van der Waals surface area contributed by atoms with Crippen LogP contribution in [0.5, 0.6) is 5.75 Å². The average molecular weight is 412 g/mol. The first-order valence-electron chi connectivity index (χ1n) is 10.6. The first-order valence-corrected chi connectivity index (χ1v) is 10.6. The molecule has 1 N–H and O–H groups in total. The lowest BCUT2D eigenvalue weighted by Gasteiger charge is -2.55. The number of esters is 1. The van der Waals surface area contributed by atoms with Gasteiger partial charge in [0.1, 0.15) is 24.6 Å². The maximum atomic E-state index is 12.5. The Morgan fingerprint density at radius 1 is 1.00 bits per heavy atom. The number of nitrogens with zero attached hydrogens (tertiary/aromatic N) is 1. The molecule has 2 aromatic rings. The summed E-state index contributed by atoms with van der Waals surface area (Å²) in [4.78, 5) is 14.8. The Hall–Kier alpha value is -2.37. The minimum atomic E-state index is -0.618. The molecule has 0 spiro atoms. The van der Waals surface area contributed by atoms with E-state index in [1.54, 1.807) is 12.1 Å². The predicted molar refractivity (Wildman–Crippen MR) is 118 cm³/mol. The average Bonchev–Trinajstić information content (AvgIpc) is 2.70. The van der Waals surface area contributed by atoms with Gasteiger partial charge in [-0.3, -0.25) is 4.90 Å². The van der Waals surface area contributed by atoms with Crippen LogP contribution in [0.3, 0.4) is 0 Å². The van der Waals surface area contributed by atoms with E-state index in [0.29, 0.717) is 24.9 Å². The van der Waals surface area contributed by atoms with Crippen LogP contribution >= 0.6 is 0 Å². The van der Waals surface area contributed by atoms with Crippen molar-refractivity contribution in [3.63, 3.8) is 0 Å². The number of para-hydroxylation sites is 1. The Morgan fingerprint density at radius 3 is 2.10 bits per heavy atom. The van der Waals surface area contributed by atoms with Gasteiger partial charge in [0, 0.05) is 30.5 Å². The molecule has 0 aromatic heterocycles. The van der Waals surface area contributed by atoms with Crippen LogP contribution < -0.4 is 4.74 Å². The minimum absolute atomic E-state index is 0.170. The standard InChI is InChI=1S/C25H33NO4/c1-24(2)15-22(30-23(28)19-11-7-5-8-12-19)16-25(3,4)26(24)17-20(27)18-29-21-13-9-6-10-14-21/h5-14,20,22,27H,15-18H2,1-4H3. The third-order valence-electron chi connectivity index (χ3n) is 5.78. The van der Waals surface area contributed by atoms with Crippen LogP contribution in [0.25, 0.3) is 0 Å². The van der Waals surface area contributed by atoms with Crippen molar-refractivity contribution < 1.29 is 19.4 Å². The second-order valence-corrected chi connectivity index (χ2v) is 9.31. The number of β-amino-alcohol motifs (C(OH)–C–C–N with tert-alkyl or cyclic N) is 1. The monoisotopic (exact) mass is 411 g/mol. The summed E-state index contributed by atoms with van der Waals surface area (Å²) >= 11 is 0. The van der Waals surface area contributed by atoms with E-state index in [0.717, 1.165) is 5.75 Å². The Bertz CT molecular complexity index is 802. The number of aliphatic hydroxyl groups excluding tert-OH is 1. The summed E-state index contributed by atoms with van der Waals surface area (Å²) in [6.07, 6.45) is 0.631. The summed E-state index contributed by atoms with van der Waals surface area (Å²) < 4.78 is 11.6. The molecule has 1 fully saturated rings. The van der Waals surface area contributed by atoms with E-state index in [4.69, 9.17) is 9.47 Å². The lowest BCUT2D eigenvalue weighted by atomic mass is 9.77. The van der Waals surface area contributed by atoms with E-state index < -0.39 is 6.10 Å². The summed E-state index contributed by atoms with van der Waals surface area (Å²) in [5.41, 5.74) is 0.0952. The van der Waals surface area contributed by atoms with E-state index in [9.17, 15) is 9.90 Å². The summed E-state index contributed by atoms with van der Waals surface area (Å²) in [5, 5.41) is 10.6. The van der Waals surface area contributed by atoms with Gasteiger partial charge >= 0.3 is 5.97 Å². The second-order valence-electron chi connectivity index (χ2n) is 9.31. The number of benzene rings is 2. The van der Waals surface area contributed by atoms with Gasteiger partial charge in [-0.2, -0.15) is 0 Å². The molecule has 0 radical (unpaired) electrons. The van der Waals surface area contributed by atoms with Crippen molar-refractivity contribution in [1.29, 1.82) is 0 Å². The fourth-order valence-electron chi connectivity index (χ4n) is 4.57. The molecule has 0 aliphatic carbocycles. The third kappa shape index (κ3) is 5.61. The van der Waals surface area contributed by atoms with Crippen LogP contribution in [-0.2, 0) is 4.74 Å². The van der Waals surface area contributed by atoms with Crippen LogP contribution in [0.4, 0.5) is 0 Å². The predicted octanol–water partition coefficient (Wildman–Crippen LogP) is 4.30. The normalized spacial score (nSPS) is 19.8. The smallest absolute Gasteiger partial charge is 0.338 e. The van der Waals surface area contributed by atoms with Gasteiger partial charge in [-0.05, 0) is 52.0 Å². The number of hydrogen-bond acceptors (Lipinski definition) is 5. The van der Waals surface area contributed by atoms with Gasteiger partial charge in [0.15, 0.2) is 0 Å². The van der Waals surface area contributed by atoms with Crippen molar-refractivity contribution in [1.82, 2.24) is 4.90 Å². The Kier molecular flexibility index (Phi) is 6.84. The molecule has 1 atom stereocenters. The summed E-state index contributed by atoms with van der Waals surface area (Å²) in [7, 11) is 0. The van der Waals surface area contributed by atoms with Gasteiger partial charge in [-0.25, -0.2) is 4.79 Å². The molecule has 5 nitrogen and oxygen atoms in total. The fourth-order valence-corrected chi connectivity index (χ4v) is 4.57. The van der Waals surface area contributed by atoms with Crippen LogP contribution in [0, 0.1) is 0 Å². The number of hydrogen-bond donors (Lipinski definition) is 1. The molecule has 5 heteroatoms. The lowest BCUT2D eigenvalue weighted by molar-refractivity contribution is -0.104. The molecule has 1 aliphatic rings. The fraction of sp³-hybridized carbons (Fsp3) is 0.480. The Balaban J connectivity index is 1.61. The molecule has 0 amide bonds. The van der Waals surface area contributed by atoms with Crippen molar-refractivity contribution >= 4 is 5.97 Å². The highest BCUT2D eigenvalue weighted by Gasteiger charge is 2.47.